The number of rotatable bonds is 9. The van der Waals surface area contributed by atoms with Crippen LogP contribution in [0.25, 0.3) is 0 Å². The Labute approximate surface area is 138 Å². The molecule has 0 spiro atoms. The van der Waals surface area contributed by atoms with Gasteiger partial charge in [-0.15, -0.1) is 0 Å². The third-order valence-corrected chi connectivity index (χ3v) is 4.97. The van der Waals surface area contributed by atoms with Gasteiger partial charge in [0.15, 0.2) is 0 Å². The van der Waals surface area contributed by atoms with E-state index in [9.17, 15) is 23.3 Å². The molecule has 10 heteroatoms. The Bertz CT molecular complexity index is 645. The summed E-state index contributed by atoms with van der Waals surface area (Å²) in [5.74, 6) is -0.0706. The van der Waals surface area contributed by atoms with E-state index in [2.05, 4.69) is 4.72 Å². The monoisotopic (exact) mass is 362 g/mol. The standard InChI is InChI=1S/C13H18N2O6S2/c1-3-21-13(16)12(8-9-22-2)14-23(19,20)11-6-4-10(5-7-11)15(17)18/h4-7,12,14H,3,8-9H2,1-2H3/t12-/m0/s1. The number of benzene rings is 1. The van der Waals surface area contributed by atoms with Crippen LogP contribution in [0.1, 0.15) is 13.3 Å². The Kier molecular flexibility index (Phi) is 7.46. The lowest BCUT2D eigenvalue weighted by molar-refractivity contribution is -0.384. The maximum absolute atomic E-state index is 12.3. The molecule has 8 nitrogen and oxygen atoms in total. The van der Waals surface area contributed by atoms with Crippen LogP contribution < -0.4 is 4.72 Å². The van der Waals surface area contributed by atoms with Crippen LogP contribution in [-0.4, -0.2) is 44.0 Å². The summed E-state index contributed by atoms with van der Waals surface area (Å²) in [6, 6.07) is 3.43. The van der Waals surface area contributed by atoms with E-state index < -0.39 is 27.0 Å². The van der Waals surface area contributed by atoms with Crippen LogP contribution in [0.15, 0.2) is 29.2 Å². The van der Waals surface area contributed by atoms with Gasteiger partial charge in [-0.2, -0.15) is 16.5 Å². The van der Waals surface area contributed by atoms with Crippen molar-refractivity contribution in [3.63, 3.8) is 0 Å². The highest BCUT2D eigenvalue weighted by molar-refractivity contribution is 7.98. The van der Waals surface area contributed by atoms with Crippen LogP contribution in [0.4, 0.5) is 5.69 Å². The Morgan fingerprint density at radius 3 is 2.48 bits per heavy atom. The van der Waals surface area contributed by atoms with Gasteiger partial charge in [0.05, 0.1) is 16.4 Å². The SMILES string of the molecule is CCOC(=O)[C@H](CCSC)NS(=O)(=O)c1ccc([N+](=O)[O-])cc1. The van der Waals surface area contributed by atoms with Crippen molar-refractivity contribution in [3.05, 3.63) is 34.4 Å². The Hall–Kier alpha value is -1.65. The van der Waals surface area contributed by atoms with E-state index in [0.717, 1.165) is 24.3 Å². The molecule has 1 aromatic carbocycles. The van der Waals surface area contributed by atoms with Gasteiger partial charge in [-0.25, -0.2) is 8.42 Å². The highest BCUT2D eigenvalue weighted by atomic mass is 32.2. The van der Waals surface area contributed by atoms with Crippen LogP contribution in [-0.2, 0) is 19.6 Å². The highest BCUT2D eigenvalue weighted by Gasteiger charge is 2.26. The van der Waals surface area contributed by atoms with Crippen LogP contribution in [0.3, 0.4) is 0 Å². The van der Waals surface area contributed by atoms with Crippen molar-refractivity contribution in [2.75, 3.05) is 18.6 Å². The lowest BCUT2D eigenvalue weighted by Crippen LogP contribution is -2.42. The summed E-state index contributed by atoms with van der Waals surface area (Å²) in [6.07, 6.45) is 2.12. The molecule has 0 amide bonds. The molecule has 1 N–H and O–H groups in total. The molecule has 0 bridgehead atoms. The molecule has 0 saturated heterocycles. The molecular formula is C13H18N2O6S2. The predicted octanol–water partition coefficient (Wildman–Crippen LogP) is 1.56. The number of hydrogen-bond acceptors (Lipinski definition) is 7. The number of non-ortho nitro benzene ring substituents is 1. The summed E-state index contributed by atoms with van der Waals surface area (Å²) in [5, 5.41) is 10.6. The van der Waals surface area contributed by atoms with Gasteiger partial charge in [-0.3, -0.25) is 14.9 Å². The second kappa shape index (κ2) is 8.85. The molecule has 0 fully saturated rings. The van der Waals surface area contributed by atoms with Crippen LogP contribution in [0, 0.1) is 10.1 Å². The number of nitrogens with one attached hydrogen (secondary N) is 1. The summed E-state index contributed by atoms with van der Waals surface area (Å²) in [7, 11) is -3.98. The van der Waals surface area contributed by atoms with E-state index in [1.54, 1.807) is 6.92 Å². The van der Waals surface area contributed by atoms with E-state index in [1.807, 2.05) is 6.26 Å². The Morgan fingerprint density at radius 2 is 2.00 bits per heavy atom. The molecule has 0 aliphatic carbocycles. The van der Waals surface area contributed by atoms with Gasteiger partial charge in [-0.05, 0) is 37.5 Å². The van der Waals surface area contributed by atoms with Crippen molar-refractivity contribution in [1.82, 2.24) is 4.72 Å². The molecule has 128 valence electrons. The van der Waals surface area contributed by atoms with Crippen molar-refractivity contribution >= 4 is 33.4 Å². The molecule has 0 aromatic heterocycles. The number of carbonyl (C=O) groups excluding carboxylic acids is 1. The number of hydrogen-bond donors (Lipinski definition) is 1. The second-order valence-electron chi connectivity index (χ2n) is 4.46. The third-order valence-electron chi connectivity index (χ3n) is 2.84. The fraction of sp³-hybridized carbons (Fsp3) is 0.462. The lowest BCUT2D eigenvalue weighted by atomic mass is 10.2. The molecule has 1 aromatic rings. The molecule has 0 heterocycles. The maximum atomic E-state index is 12.3. The molecule has 0 aliphatic rings. The zero-order chi connectivity index (χ0) is 17.5. The minimum atomic E-state index is -3.98. The van der Waals surface area contributed by atoms with Gasteiger partial charge in [0, 0.05) is 12.1 Å². The molecule has 0 radical (unpaired) electrons. The number of esters is 1. The fourth-order valence-corrected chi connectivity index (χ4v) is 3.40. The molecule has 0 aliphatic heterocycles. The fourth-order valence-electron chi connectivity index (χ4n) is 1.71. The van der Waals surface area contributed by atoms with Gasteiger partial charge in [0.25, 0.3) is 5.69 Å². The van der Waals surface area contributed by atoms with Crippen LogP contribution in [0.5, 0.6) is 0 Å². The average Bonchev–Trinajstić information content (AvgIpc) is 2.51. The first kappa shape index (κ1) is 19.4. The van der Waals surface area contributed by atoms with Gasteiger partial charge < -0.3 is 4.74 Å². The summed E-state index contributed by atoms with van der Waals surface area (Å²) in [4.78, 5) is 21.7. The quantitative estimate of drug-likeness (QED) is 0.402. The first-order valence-electron chi connectivity index (χ1n) is 6.74. The molecule has 1 atom stereocenters. The summed E-state index contributed by atoms with van der Waals surface area (Å²) >= 11 is 1.47. The summed E-state index contributed by atoms with van der Waals surface area (Å²) in [6.45, 7) is 1.78. The molecule has 0 unspecified atom stereocenters. The number of ether oxygens (including phenoxy) is 1. The van der Waals surface area contributed by atoms with Crippen molar-refractivity contribution in [2.24, 2.45) is 0 Å². The van der Waals surface area contributed by atoms with Crippen molar-refractivity contribution in [2.45, 2.75) is 24.3 Å². The van der Waals surface area contributed by atoms with Crippen LogP contribution in [0.2, 0.25) is 0 Å². The number of sulfonamides is 1. The number of nitro benzene ring substituents is 1. The van der Waals surface area contributed by atoms with Gasteiger partial charge in [-0.1, -0.05) is 0 Å². The van der Waals surface area contributed by atoms with Gasteiger partial charge in [0.2, 0.25) is 10.0 Å². The summed E-state index contributed by atoms with van der Waals surface area (Å²) in [5.41, 5.74) is -0.215. The number of carbonyl (C=O) groups is 1. The maximum Gasteiger partial charge on any atom is 0.324 e. The van der Waals surface area contributed by atoms with E-state index in [1.165, 1.54) is 11.8 Å². The van der Waals surface area contributed by atoms with E-state index in [4.69, 9.17) is 4.74 Å². The Balaban J connectivity index is 2.95. The second-order valence-corrected chi connectivity index (χ2v) is 7.16. The first-order valence-corrected chi connectivity index (χ1v) is 9.62. The Morgan fingerprint density at radius 1 is 1.39 bits per heavy atom. The molecule has 0 saturated carbocycles. The zero-order valence-corrected chi connectivity index (χ0v) is 14.4. The number of nitro groups is 1. The number of nitrogens with zero attached hydrogens (tertiary/aromatic N) is 1. The molecule has 1 rings (SSSR count). The topological polar surface area (TPSA) is 116 Å². The predicted molar refractivity (Wildman–Crippen MR) is 86.8 cm³/mol. The van der Waals surface area contributed by atoms with Crippen LogP contribution >= 0.6 is 11.8 Å². The van der Waals surface area contributed by atoms with E-state index >= 15 is 0 Å². The average molecular weight is 362 g/mol. The van der Waals surface area contributed by atoms with Gasteiger partial charge in [0.1, 0.15) is 6.04 Å². The van der Waals surface area contributed by atoms with E-state index in [0.29, 0.717) is 5.75 Å². The zero-order valence-electron chi connectivity index (χ0n) is 12.7. The molecular weight excluding hydrogens is 344 g/mol. The number of thioether (sulfide) groups is 1. The largest absolute Gasteiger partial charge is 0.465 e. The first-order chi connectivity index (χ1) is 10.8. The smallest absolute Gasteiger partial charge is 0.324 e. The lowest BCUT2D eigenvalue weighted by Gasteiger charge is -2.17. The molecule has 23 heavy (non-hydrogen) atoms. The highest BCUT2D eigenvalue weighted by Crippen LogP contribution is 2.16. The van der Waals surface area contributed by atoms with Crippen molar-refractivity contribution in [3.8, 4) is 0 Å². The van der Waals surface area contributed by atoms with Crippen molar-refractivity contribution < 1.29 is 22.9 Å². The van der Waals surface area contributed by atoms with Crippen molar-refractivity contribution in [1.29, 1.82) is 0 Å². The third kappa shape index (κ3) is 5.81. The van der Waals surface area contributed by atoms with E-state index in [-0.39, 0.29) is 23.6 Å². The normalized spacial score (nSPS) is 12.6. The van der Waals surface area contributed by atoms with Gasteiger partial charge >= 0.3 is 5.97 Å². The minimum Gasteiger partial charge on any atom is -0.465 e. The minimum absolute atomic E-state index is 0.147. The summed E-state index contributed by atoms with van der Waals surface area (Å²) < 4.78 is 31.8.